The van der Waals surface area contributed by atoms with Gasteiger partial charge >= 0.3 is 0 Å². The number of nitrogens with zero attached hydrogens (tertiary/aromatic N) is 2. The van der Waals surface area contributed by atoms with Crippen LogP contribution < -0.4 is 10.5 Å². The van der Waals surface area contributed by atoms with Crippen molar-refractivity contribution in [3.63, 3.8) is 0 Å². The Kier molecular flexibility index (Phi) is 5.94. The lowest BCUT2D eigenvalue weighted by atomic mass is 9.67. The van der Waals surface area contributed by atoms with E-state index in [1.54, 1.807) is 19.2 Å². The number of benzene rings is 2. The van der Waals surface area contributed by atoms with Crippen molar-refractivity contribution < 1.29 is 18.7 Å². The number of H-pyrrole nitrogens is 1. The summed E-state index contributed by atoms with van der Waals surface area (Å²) in [7, 11) is 1.63. The average Bonchev–Trinajstić information content (AvgIpc) is 3.23. The average molecular weight is 505 g/mol. The number of hydrogen-bond donors (Lipinski definition) is 2. The summed E-state index contributed by atoms with van der Waals surface area (Å²) in [4.78, 5) is 33.5. The van der Waals surface area contributed by atoms with Crippen LogP contribution in [0.2, 0.25) is 0 Å². The minimum Gasteiger partial charge on any atom is -0.497 e. The van der Waals surface area contributed by atoms with Crippen LogP contribution in [0.5, 0.6) is 5.75 Å². The van der Waals surface area contributed by atoms with Crippen LogP contribution in [-0.4, -0.2) is 53.3 Å². The number of fused-ring (bicyclic) bond motifs is 4. The molecular weight excluding hydrogens is 471 g/mol. The molecular formula is C29H33FN4O3. The molecule has 6 rings (SSSR count). The van der Waals surface area contributed by atoms with Crippen LogP contribution in [0.4, 0.5) is 4.39 Å². The molecule has 1 aromatic heterocycles. The van der Waals surface area contributed by atoms with E-state index in [4.69, 9.17) is 10.5 Å². The van der Waals surface area contributed by atoms with Crippen LogP contribution in [0.15, 0.2) is 42.5 Å². The van der Waals surface area contributed by atoms with Crippen molar-refractivity contribution >= 4 is 22.7 Å². The molecule has 1 atom stereocenters. The molecule has 0 radical (unpaired) electrons. The number of halogens is 1. The number of piperidine rings is 1. The van der Waals surface area contributed by atoms with Crippen molar-refractivity contribution in [1.82, 2.24) is 14.8 Å². The van der Waals surface area contributed by atoms with Crippen LogP contribution >= 0.6 is 0 Å². The number of carbonyl (C=O) groups excluding carboxylic acids is 2. The molecule has 1 unspecified atom stereocenters. The number of ether oxygens (including phenoxy) is 1. The molecule has 0 bridgehead atoms. The highest BCUT2D eigenvalue weighted by Gasteiger charge is 2.49. The van der Waals surface area contributed by atoms with Crippen molar-refractivity contribution in [2.45, 2.75) is 50.1 Å². The summed E-state index contributed by atoms with van der Waals surface area (Å²) in [5.74, 6) is 0.406. The first kappa shape index (κ1) is 24.0. The molecule has 3 aliphatic rings. The topological polar surface area (TPSA) is 91.7 Å². The Balaban J connectivity index is 1.43. The molecule has 2 aliphatic heterocycles. The van der Waals surface area contributed by atoms with Gasteiger partial charge in [-0.25, -0.2) is 4.39 Å². The second kappa shape index (κ2) is 9.17. The molecule has 8 heteroatoms. The molecule has 7 nitrogen and oxygen atoms in total. The number of aromatic nitrogens is 1. The number of likely N-dealkylation sites (tertiary alicyclic amines) is 1. The summed E-state index contributed by atoms with van der Waals surface area (Å²) in [6.45, 7) is 2.18. The minimum atomic E-state index is -0.715. The van der Waals surface area contributed by atoms with E-state index in [0.717, 1.165) is 60.0 Å². The predicted octanol–water partition coefficient (Wildman–Crippen LogP) is 4.02. The van der Waals surface area contributed by atoms with Gasteiger partial charge in [0.2, 0.25) is 11.8 Å². The predicted molar refractivity (Wildman–Crippen MR) is 138 cm³/mol. The van der Waals surface area contributed by atoms with Gasteiger partial charge in [-0.3, -0.25) is 14.5 Å². The zero-order valence-corrected chi connectivity index (χ0v) is 21.1. The smallest absolute Gasteiger partial charge is 0.240 e. The molecule has 3 heterocycles. The first-order valence-corrected chi connectivity index (χ1v) is 13.2. The summed E-state index contributed by atoms with van der Waals surface area (Å²) in [5.41, 5.74) is 9.01. The first-order chi connectivity index (χ1) is 17.9. The number of aromatic amines is 1. The molecule has 1 saturated heterocycles. The van der Waals surface area contributed by atoms with Gasteiger partial charge in [0.25, 0.3) is 0 Å². The number of methoxy groups -OCH3 is 1. The SMILES string of the molecule is COc1ccc2c3c([nH]c2c1)C(C(N)=O)N(Cc1ccccc1F)CC31CCN(C(=O)C2CCC2)CC1. The molecule has 194 valence electrons. The van der Waals surface area contributed by atoms with Gasteiger partial charge in [0.15, 0.2) is 0 Å². The van der Waals surface area contributed by atoms with Gasteiger partial charge in [0.1, 0.15) is 17.6 Å². The first-order valence-electron chi connectivity index (χ1n) is 13.2. The van der Waals surface area contributed by atoms with E-state index in [-0.39, 0.29) is 29.6 Å². The van der Waals surface area contributed by atoms with Crippen molar-refractivity contribution in [2.75, 3.05) is 26.7 Å². The highest BCUT2D eigenvalue weighted by molar-refractivity contribution is 5.91. The Labute approximate surface area is 215 Å². The maximum Gasteiger partial charge on any atom is 0.240 e. The monoisotopic (exact) mass is 504 g/mol. The summed E-state index contributed by atoms with van der Waals surface area (Å²) >= 11 is 0. The fourth-order valence-electron chi connectivity index (χ4n) is 6.63. The lowest BCUT2D eigenvalue weighted by Gasteiger charge is -2.50. The van der Waals surface area contributed by atoms with Crippen molar-refractivity contribution in [3.05, 3.63) is 65.1 Å². The third kappa shape index (κ3) is 3.98. The second-order valence-electron chi connectivity index (χ2n) is 10.9. The van der Waals surface area contributed by atoms with E-state index >= 15 is 0 Å². The van der Waals surface area contributed by atoms with Crippen molar-refractivity contribution in [1.29, 1.82) is 0 Å². The number of amides is 2. The van der Waals surface area contributed by atoms with Gasteiger partial charge in [-0.15, -0.1) is 0 Å². The molecule has 2 amide bonds. The van der Waals surface area contributed by atoms with Gasteiger partial charge in [0.05, 0.1) is 7.11 Å². The van der Waals surface area contributed by atoms with E-state index in [2.05, 4.69) is 4.98 Å². The minimum absolute atomic E-state index is 0.174. The molecule has 1 saturated carbocycles. The Morgan fingerprint density at radius 1 is 1.16 bits per heavy atom. The fraction of sp³-hybridized carbons (Fsp3) is 0.448. The number of nitrogens with one attached hydrogen (secondary N) is 1. The maximum atomic E-state index is 14.7. The molecule has 1 spiro atoms. The van der Waals surface area contributed by atoms with E-state index in [1.165, 1.54) is 6.07 Å². The molecule has 37 heavy (non-hydrogen) atoms. The third-order valence-electron chi connectivity index (χ3n) is 8.80. The molecule has 2 fully saturated rings. The Hall–Kier alpha value is -3.39. The summed E-state index contributed by atoms with van der Waals surface area (Å²) < 4.78 is 20.1. The quantitative estimate of drug-likeness (QED) is 0.549. The number of rotatable bonds is 5. The highest BCUT2D eigenvalue weighted by Crippen LogP contribution is 2.49. The van der Waals surface area contributed by atoms with Crippen LogP contribution in [0.1, 0.15) is 55.0 Å². The number of carbonyl (C=O) groups is 2. The second-order valence-corrected chi connectivity index (χ2v) is 10.9. The molecule has 2 aromatic carbocycles. The van der Waals surface area contributed by atoms with Gasteiger partial charge in [0, 0.05) is 65.7 Å². The fourth-order valence-corrected chi connectivity index (χ4v) is 6.63. The third-order valence-corrected chi connectivity index (χ3v) is 8.80. The van der Waals surface area contributed by atoms with E-state index < -0.39 is 11.9 Å². The van der Waals surface area contributed by atoms with E-state index in [0.29, 0.717) is 25.2 Å². The lowest BCUT2D eigenvalue weighted by Crippen LogP contribution is -2.56. The number of hydrogen-bond acceptors (Lipinski definition) is 4. The Morgan fingerprint density at radius 2 is 1.92 bits per heavy atom. The van der Waals surface area contributed by atoms with Gasteiger partial charge in [-0.05, 0) is 49.4 Å². The normalized spacial score (nSPS) is 21.6. The largest absolute Gasteiger partial charge is 0.497 e. The summed E-state index contributed by atoms with van der Waals surface area (Å²) in [5, 5.41) is 1.05. The molecule has 1 aliphatic carbocycles. The maximum absolute atomic E-state index is 14.7. The summed E-state index contributed by atoms with van der Waals surface area (Å²) in [6.07, 6.45) is 4.67. The van der Waals surface area contributed by atoms with Crippen molar-refractivity contribution in [2.24, 2.45) is 11.7 Å². The van der Waals surface area contributed by atoms with E-state index in [1.807, 2.05) is 34.1 Å². The standard InChI is InChI=1S/C29H33FN4O3/c1-37-20-9-10-21-23(15-20)32-25-24(21)29(11-13-33(14-12-29)28(36)18-6-4-7-18)17-34(26(25)27(31)35)16-19-5-2-3-8-22(19)30/h2-3,5,8-10,15,18,26,32H,4,6-7,11-14,16-17H2,1H3,(H2,31,35). The molecule has 3 aromatic rings. The zero-order chi connectivity index (χ0) is 25.7. The van der Waals surface area contributed by atoms with Crippen LogP contribution in [0.25, 0.3) is 10.9 Å². The van der Waals surface area contributed by atoms with Crippen molar-refractivity contribution in [3.8, 4) is 5.75 Å². The van der Waals surface area contributed by atoms with Gasteiger partial charge in [-0.2, -0.15) is 0 Å². The van der Waals surface area contributed by atoms with E-state index in [9.17, 15) is 14.0 Å². The Bertz CT molecular complexity index is 1360. The number of primary amides is 1. The number of nitrogens with two attached hydrogens (primary N) is 1. The van der Waals surface area contributed by atoms with Crippen LogP contribution in [0, 0.1) is 11.7 Å². The zero-order valence-electron chi connectivity index (χ0n) is 21.1. The van der Waals surface area contributed by atoms with Crippen LogP contribution in [0.3, 0.4) is 0 Å². The summed E-state index contributed by atoms with van der Waals surface area (Å²) in [6, 6.07) is 11.9. The van der Waals surface area contributed by atoms with Crippen LogP contribution in [-0.2, 0) is 21.5 Å². The molecule has 3 N–H and O–H groups in total. The van der Waals surface area contributed by atoms with Gasteiger partial charge in [-0.1, -0.05) is 24.6 Å². The lowest BCUT2D eigenvalue weighted by molar-refractivity contribution is -0.140. The highest BCUT2D eigenvalue weighted by atomic mass is 19.1. The van der Waals surface area contributed by atoms with Gasteiger partial charge < -0.3 is 20.4 Å². The Morgan fingerprint density at radius 3 is 2.57 bits per heavy atom.